The van der Waals surface area contributed by atoms with Gasteiger partial charge in [-0.25, -0.2) is 15.3 Å². The minimum Gasteiger partial charge on any atom is -0.478 e. The number of hydrogen-bond acceptors (Lipinski definition) is 5. The van der Waals surface area contributed by atoms with Crippen molar-refractivity contribution >= 4 is 17.8 Å². The standard InChI is InChI=1S/C27H29F3N4O5/c1-2-3-8-23-31-15-22(34(23)16-17-9-11-18(12-10-17)26(37)38)25(36)32-20(14-24(35)33-39)13-19-6-4-5-7-21(19)27(28,29)30/h4-7,9-12,15,20,39H,2-3,8,13-14,16H2,1H3,(H,32,36)(H,33,35)(H,37,38). The van der Waals surface area contributed by atoms with Crippen molar-refractivity contribution < 1.29 is 37.9 Å². The van der Waals surface area contributed by atoms with E-state index in [9.17, 15) is 27.6 Å². The van der Waals surface area contributed by atoms with Crippen LogP contribution in [0.3, 0.4) is 0 Å². The Morgan fingerprint density at radius 1 is 1.08 bits per heavy atom. The number of carboxylic acids is 1. The van der Waals surface area contributed by atoms with Gasteiger partial charge in [-0.05, 0) is 42.2 Å². The van der Waals surface area contributed by atoms with Gasteiger partial charge in [0.2, 0.25) is 5.91 Å². The fourth-order valence-corrected chi connectivity index (χ4v) is 4.18. The van der Waals surface area contributed by atoms with Crippen molar-refractivity contribution in [2.24, 2.45) is 0 Å². The van der Waals surface area contributed by atoms with Crippen molar-refractivity contribution in [2.45, 2.75) is 57.8 Å². The van der Waals surface area contributed by atoms with Crippen molar-refractivity contribution in [3.05, 3.63) is 88.5 Å². The van der Waals surface area contributed by atoms with Gasteiger partial charge in [-0.15, -0.1) is 0 Å². The first-order valence-corrected chi connectivity index (χ1v) is 12.3. The Labute approximate surface area is 222 Å². The predicted octanol–water partition coefficient (Wildman–Crippen LogP) is 4.23. The van der Waals surface area contributed by atoms with Crippen molar-refractivity contribution in [1.82, 2.24) is 20.3 Å². The zero-order chi connectivity index (χ0) is 28.6. The molecule has 1 unspecified atom stereocenters. The van der Waals surface area contributed by atoms with Crippen molar-refractivity contribution in [2.75, 3.05) is 0 Å². The molecule has 0 bridgehead atoms. The molecular weight excluding hydrogens is 517 g/mol. The number of hydrogen-bond donors (Lipinski definition) is 4. The fraction of sp³-hybridized carbons (Fsp3) is 0.333. The molecule has 208 valence electrons. The molecule has 3 rings (SSSR count). The number of hydroxylamine groups is 1. The van der Waals surface area contributed by atoms with Gasteiger partial charge in [-0.2, -0.15) is 13.2 Å². The molecule has 39 heavy (non-hydrogen) atoms. The number of aromatic carboxylic acids is 1. The van der Waals surface area contributed by atoms with Crippen LogP contribution >= 0.6 is 0 Å². The minimum atomic E-state index is -4.63. The lowest BCUT2D eigenvalue weighted by Crippen LogP contribution is -2.41. The van der Waals surface area contributed by atoms with Crippen LogP contribution < -0.4 is 10.8 Å². The third kappa shape index (κ3) is 7.90. The number of halogens is 3. The molecule has 0 radical (unpaired) electrons. The molecule has 4 N–H and O–H groups in total. The summed E-state index contributed by atoms with van der Waals surface area (Å²) in [5.74, 6) is -2.00. The van der Waals surface area contributed by atoms with Gasteiger partial charge in [0.05, 0.1) is 17.3 Å². The molecule has 1 heterocycles. The Morgan fingerprint density at radius 3 is 2.38 bits per heavy atom. The van der Waals surface area contributed by atoms with E-state index < -0.39 is 42.0 Å². The zero-order valence-electron chi connectivity index (χ0n) is 21.2. The van der Waals surface area contributed by atoms with Crippen LogP contribution in [0.15, 0.2) is 54.7 Å². The van der Waals surface area contributed by atoms with Gasteiger partial charge in [-0.1, -0.05) is 43.7 Å². The van der Waals surface area contributed by atoms with E-state index in [1.54, 1.807) is 16.7 Å². The normalized spacial score (nSPS) is 12.1. The second-order valence-corrected chi connectivity index (χ2v) is 9.02. The molecular formula is C27H29F3N4O5. The maximum absolute atomic E-state index is 13.5. The number of aryl methyl sites for hydroxylation is 1. The van der Waals surface area contributed by atoms with Gasteiger partial charge >= 0.3 is 12.1 Å². The maximum Gasteiger partial charge on any atom is 0.416 e. The van der Waals surface area contributed by atoms with Crippen LogP contribution in [-0.2, 0) is 30.4 Å². The number of amides is 2. The van der Waals surface area contributed by atoms with Crippen molar-refractivity contribution in [3.63, 3.8) is 0 Å². The Kier molecular flexibility index (Phi) is 9.83. The van der Waals surface area contributed by atoms with Crippen molar-refractivity contribution in [3.8, 4) is 0 Å². The zero-order valence-corrected chi connectivity index (χ0v) is 21.2. The molecule has 0 aliphatic heterocycles. The number of nitrogens with zero attached hydrogens (tertiary/aromatic N) is 2. The molecule has 0 aliphatic carbocycles. The number of benzene rings is 2. The summed E-state index contributed by atoms with van der Waals surface area (Å²) in [5, 5.41) is 20.8. The highest BCUT2D eigenvalue weighted by molar-refractivity contribution is 5.93. The summed E-state index contributed by atoms with van der Waals surface area (Å²) in [6.45, 7) is 2.20. The average molecular weight is 547 g/mol. The number of imidazole rings is 1. The summed E-state index contributed by atoms with van der Waals surface area (Å²) < 4.78 is 42.3. The molecule has 0 fully saturated rings. The van der Waals surface area contributed by atoms with Crippen LogP contribution in [-0.4, -0.2) is 43.7 Å². The van der Waals surface area contributed by atoms with Gasteiger partial charge < -0.3 is 15.0 Å². The quantitative estimate of drug-likeness (QED) is 0.199. The summed E-state index contributed by atoms with van der Waals surface area (Å²) >= 11 is 0. The van der Waals surface area contributed by atoms with Crippen LogP contribution in [0.5, 0.6) is 0 Å². The first-order chi connectivity index (χ1) is 18.5. The number of carboxylic acid groups (broad SMARTS) is 1. The van der Waals surface area contributed by atoms with E-state index in [0.717, 1.165) is 18.9 Å². The van der Waals surface area contributed by atoms with Crippen LogP contribution in [0.25, 0.3) is 0 Å². The van der Waals surface area contributed by atoms with E-state index in [1.807, 2.05) is 6.92 Å². The number of nitrogens with one attached hydrogen (secondary N) is 2. The Morgan fingerprint density at radius 2 is 1.77 bits per heavy atom. The van der Waals surface area contributed by atoms with E-state index in [0.29, 0.717) is 17.8 Å². The molecule has 2 amide bonds. The predicted molar refractivity (Wildman–Crippen MR) is 134 cm³/mol. The van der Waals surface area contributed by atoms with Gasteiger partial charge in [0.1, 0.15) is 11.5 Å². The van der Waals surface area contributed by atoms with E-state index >= 15 is 0 Å². The topological polar surface area (TPSA) is 134 Å². The SMILES string of the molecule is CCCCc1ncc(C(=O)NC(CC(=O)NO)Cc2ccccc2C(F)(F)F)n1Cc1ccc(C(=O)O)cc1. The molecule has 0 saturated carbocycles. The largest absolute Gasteiger partial charge is 0.478 e. The number of aromatic nitrogens is 2. The first-order valence-electron chi connectivity index (χ1n) is 12.3. The van der Waals surface area contributed by atoms with Crippen LogP contribution in [0.1, 0.15) is 69.5 Å². The lowest BCUT2D eigenvalue weighted by atomic mass is 9.97. The Hall–Kier alpha value is -4.19. The van der Waals surface area contributed by atoms with E-state index in [2.05, 4.69) is 10.3 Å². The molecule has 0 saturated heterocycles. The average Bonchev–Trinajstić information content (AvgIpc) is 3.29. The number of unbranched alkanes of at least 4 members (excludes halogenated alkanes) is 1. The maximum atomic E-state index is 13.5. The Bertz CT molecular complexity index is 1310. The van der Waals surface area contributed by atoms with Gasteiger partial charge in [0.25, 0.3) is 5.91 Å². The summed E-state index contributed by atoms with van der Waals surface area (Å²) in [4.78, 5) is 40.8. The molecule has 9 nitrogen and oxygen atoms in total. The van der Waals surface area contributed by atoms with E-state index in [4.69, 9.17) is 10.3 Å². The summed E-state index contributed by atoms with van der Waals surface area (Å²) in [6.07, 6.45) is -1.83. The summed E-state index contributed by atoms with van der Waals surface area (Å²) in [6, 6.07) is 9.93. The highest BCUT2D eigenvalue weighted by Crippen LogP contribution is 2.32. The second-order valence-electron chi connectivity index (χ2n) is 9.02. The number of rotatable bonds is 12. The lowest BCUT2D eigenvalue weighted by Gasteiger charge is -2.21. The van der Waals surface area contributed by atoms with Gasteiger partial charge in [0.15, 0.2) is 0 Å². The fourth-order valence-electron chi connectivity index (χ4n) is 4.18. The highest BCUT2D eigenvalue weighted by atomic mass is 19.4. The van der Waals surface area contributed by atoms with Crippen molar-refractivity contribution in [1.29, 1.82) is 0 Å². The number of carbonyl (C=O) groups excluding carboxylic acids is 2. The molecule has 1 atom stereocenters. The van der Waals surface area contributed by atoms with E-state index in [-0.39, 0.29) is 29.8 Å². The van der Waals surface area contributed by atoms with Gasteiger partial charge in [0, 0.05) is 25.4 Å². The van der Waals surface area contributed by atoms with E-state index in [1.165, 1.54) is 42.0 Å². The summed E-state index contributed by atoms with van der Waals surface area (Å²) in [5.41, 5.74) is 1.40. The lowest BCUT2D eigenvalue weighted by molar-refractivity contribution is -0.138. The van der Waals surface area contributed by atoms with Gasteiger partial charge in [-0.3, -0.25) is 14.8 Å². The molecule has 2 aromatic carbocycles. The second kappa shape index (κ2) is 13.1. The molecule has 1 aromatic heterocycles. The third-order valence-electron chi connectivity index (χ3n) is 6.15. The third-order valence-corrected chi connectivity index (χ3v) is 6.15. The van der Waals surface area contributed by atoms with Crippen LogP contribution in [0, 0.1) is 0 Å². The monoisotopic (exact) mass is 546 g/mol. The first kappa shape index (κ1) is 29.4. The minimum absolute atomic E-state index is 0.109. The molecule has 12 heteroatoms. The number of carbonyl (C=O) groups is 3. The molecule has 3 aromatic rings. The van der Waals surface area contributed by atoms with Crippen LogP contribution in [0.2, 0.25) is 0 Å². The number of alkyl halides is 3. The summed E-state index contributed by atoms with van der Waals surface area (Å²) in [7, 11) is 0. The molecule has 0 spiro atoms. The highest BCUT2D eigenvalue weighted by Gasteiger charge is 2.34. The smallest absolute Gasteiger partial charge is 0.416 e. The Balaban J connectivity index is 1.91. The molecule has 0 aliphatic rings. The van der Waals surface area contributed by atoms with Crippen LogP contribution in [0.4, 0.5) is 13.2 Å².